The van der Waals surface area contributed by atoms with E-state index in [4.69, 9.17) is 9.16 Å². The maximum atomic E-state index is 12.1. The van der Waals surface area contributed by atoms with E-state index in [-0.39, 0.29) is 5.97 Å². The molecule has 0 spiro atoms. The van der Waals surface area contributed by atoms with E-state index < -0.39 is 19.3 Å². The highest BCUT2D eigenvalue weighted by Crippen LogP contribution is 2.31. The fourth-order valence-corrected chi connectivity index (χ4v) is 2.01. The molecule has 0 aromatic carbocycles. The van der Waals surface area contributed by atoms with Gasteiger partial charge in [-0.25, -0.2) is 0 Å². The fraction of sp³-hybridized carbons (Fsp3) is 0.769. The Kier molecular flexibility index (Phi) is 4.62. The minimum absolute atomic E-state index is 0.298. The lowest BCUT2D eigenvalue weighted by Crippen LogP contribution is -2.38. The Morgan fingerprint density at radius 2 is 1.47 bits per heavy atom. The lowest BCUT2D eigenvalue weighted by molar-refractivity contribution is -0.164. The van der Waals surface area contributed by atoms with Crippen LogP contribution >= 0.6 is 0 Å². The van der Waals surface area contributed by atoms with Gasteiger partial charge in [0.25, 0.3) is 0 Å². The number of rotatable bonds is 4. The topological polar surface area (TPSA) is 35.5 Å². The molecule has 0 amide bonds. The lowest BCUT2D eigenvalue weighted by Gasteiger charge is -2.33. The molecule has 17 heavy (non-hydrogen) atoms. The number of hydrogen-bond acceptors (Lipinski definition) is 3. The van der Waals surface area contributed by atoms with E-state index in [1.165, 1.54) is 0 Å². The smallest absolute Gasteiger partial charge is 0.319 e. The molecule has 3 nitrogen and oxygen atoms in total. The zero-order chi connectivity index (χ0) is 14.1. The maximum Gasteiger partial charge on any atom is 0.319 e. The number of hydrogen-bond donors (Lipinski definition) is 0. The Labute approximate surface area is 106 Å². The van der Waals surface area contributed by atoms with Gasteiger partial charge in [-0.2, -0.15) is 0 Å². The van der Waals surface area contributed by atoms with E-state index in [0.29, 0.717) is 5.76 Å². The molecule has 0 aliphatic carbocycles. The molecule has 0 heterocycles. The van der Waals surface area contributed by atoms with Crippen molar-refractivity contribution < 1.29 is 14.0 Å². The van der Waals surface area contributed by atoms with Crippen LogP contribution in [0.4, 0.5) is 0 Å². The first-order valence-electron chi connectivity index (χ1n) is 5.87. The second-order valence-corrected chi connectivity index (χ2v) is 11.2. The molecule has 0 saturated carbocycles. The summed E-state index contributed by atoms with van der Waals surface area (Å²) in [7, 11) is -1.74. The molecule has 0 aliphatic heterocycles. The van der Waals surface area contributed by atoms with Crippen molar-refractivity contribution in [3.8, 4) is 0 Å². The molecule has 0 unspecified atom stereocenters. The number of carbonyl (C=O) groups excluding carboxylic acids is 1. The summed E-state index contributed by atoms with van der Waals surface area (Å²) < 4.78 is 11.2. The van der Waals surface area contributed by atoms with Crippen LogP contribution in [-0.4, -0.2) is 19.9 Å². The summed E-state index contributed by atoms with van der Waals surface area (Å²) in [6.45, 7) is 19.2. The third kappa shape index (κ3) is 5.91. The highest BCUT2D eigenvalue weighted by atomic mass is 28.4. The van der Waals surface area contributed by atoms with E-state index in [2.05, 4.69) is 26.2 Å². The van der Waals surface area contributed by atoms with Gasteiger partial charge in [-0.05, 0) is 54.3 Å². The SMILES string of the molecule is C=C(O[Si](C)(C)C)C(C)(C)C(=O)OC(C)(C)C. The molecule has 0 saturated heterocycles. The van der Waals surface area contributed by atoms with Gasteiger partial charge in [0.1, 0.15) is 11.0 Å². The van der Waals surface area contributed by atoms with E-state index in [9.17, 15) is 4.79 Å². The summed E-state index contributed by atoms with van der Waals surface area (Å²) in [5.41, 5.74) is -1.30. The Bertz CT molecular complexity index is 276. The molecule has 100 valence electrons. The van der Waals surface area contributed by atoms with Crippen LogP contribution in [0.2, 0.25) is 19.6 Å². The summed E-state index contributed by atoms with van der Waals surface area (Å²) in [5, 5.41) is 0. The molecular weight excluding hydrogens is 232 g/mol. The van der Waals surface area contributed by atoms with E-state index in [1.807, 2.05) is 20.8 Å². The monoisotopic (exact) mass is 258 g/mol. The van der Waals surface area contributed by atoms with Crippen LogP contribution in [0.3, 0.4) is 0 Å². The average Bonchev–Trinajstić information content (AvgIpc) is 1.96. The molecule has 0 atom stereocenters. The fourth-order valence-electron chi connectivity index (χ4n) is 1.02. The van der Waals surface area contributed by atoms with E-state index in [0.717, 1.165) is 0 Å². The van der Waals surface area contributed by atoms with Crippen molar-refractivity contribution in [1.29, 1.82) is 0 Å². The van der Waals surface area contributed by atoms with Gasteiger partial charge in [-0.3, -0.25) is 4.79 Å². The second-order valence-electron chi connectivity index (χ2n) is 6.76. The maximum absolute atomic E-state index is 12.1. The molecule has 0 fully saturated rings. The zero-order valence-corrected chi connectivity index (χ0v) is 13.4. The number of carbonyl (C=O) groups is 1. The molecule has 4 heteroatoms. The van der Waals surface area contributed by atoms with E-state index in [1.54, 1.807) is 13.8 Å². The van der Waals surface area contributed by atoms with Gasteiger partial charge in [-0.1, -0.05) is 6.58 Å². The van der Waals surface area contributed by atoms with Crippen molar-refractivity contribution in [2.24, 2.45) is 5.41 Å². The normalized spacial score (nSPS) is 13.2. The molecular formula is C13H26O3Si. The first-order chi connectivity index (χ1) is 7.26. The molecule has 0 aromatic rings. The van der Waals surface area contributed by atoms with Crippen LogP contribution in [0, 0.1) is 5.41 Å². The molecule has 0 bridgehead atoms. The minimum Gasteiger partial charge on any atom is -0.547 e. The van der Waals surface area contributed by atoms with Gasteiger partial charge in [0.2, 0.25) is 8.32 Å². The zero-order valence-electron chi connectivity index (χ0n) is 12.4. The summed E-state index contributed by atoms with van der Waals surface area (Å²) >= 11 is 0. The van der Waals surface area contributed by atoms with Crippen LogP contribution in [0.1, 0.15) is 34.6 Å². The van der Waals surface area contributed by atoms with Gasteiger partial charge in [0.15, 0.2) is 0 Å². The Morgan fingerprint density at radius 3 is 1.76 bits per heavy atom. The van der Waals surface area contributed by atoms with Crippen LogP contribution in [-0.2, 0) is 14.0 Å². The lowest BCUT2D eigenvalue weighted by atomic mass is 9.91. The van der Waals surface area contributed by atoms with Crippen molar-refractivity contribution in [2.45, 2.75) is 59.9 Å². The van der Waals surface area contributed by atoms with Gasteiger partial charge in [0.05, 0.1) is 5.76 Å². The Hall–Kier alpha value is -0.773. The van der Waals surface area contributed by atoms with Crippen molar-refractivity contribution >= 4 is 14.3 Å². The Balaban J connectivity index is 4.78. The van der Waals surface area contributed by atoms with Gasteiger partial charge in [0, 0.05) is 0 Å². The summed E-state index contributed by atoms with van der Waals surface area (Å²) in [6.07, 6.45) is 0. The van der Waals surface area contributed by atoms with Crippen molar-refractivity contribution in [2.75, 3.05) is 0 Å². The van der Waals surface area contributed by atoms with Crippen molar-refractivity contribution in [3.63, 3.8) is 0 Å². The van der Waals surface area contributed by atoms with Gasteiger partial charge < -0.3 is 9.16 Å². The standard InChI is InChI=1S/C13H26O3Si/c1-10(16-17(7,8)9)13(5,6)11(14)15-12(2,3)4/h1H2,2-9H3. The van der Waals surface area contributed by atoms with Crippen LogP contribution < -0.4 is 0 Å². The largest absolute Gasteiger partial charge is 0.547 e. The second kappa shape index (κ2) is 4.84. The molecule has 0 N–H and O–H groups in total. The van der Waals surface area contributed by atoms with Gasteiger partial charge in [-0.15, -0.1) is 0 Å². The van der Waals surface area contributed by atoms with Crippen molar-refractivity contribution in [1.82, 2.24) is 0 Å². The van der Waals surface area contributed by atoms with Crippen LogP contribution in [0.25, 0.3) is 0 Å². The van der Waals surface area contributed by atoms with Crippen LogP contribution in [0.15, 0.2) is 12.3 Å². The number of esters is 1. The van der Waals surface area contributed by atoms with Crippen molar-refractivity contribution in [3.05, 3.63) is 12.3 Å². The highest BCUT2D eigenvalue weighted by Gasteiger charge is 2.38. The highest BCUT2D eigenvalue weighted by molar-refractivity contribution is 6.70. The molecule has 0 radical (unpaired) electrons. The first kappa shape index (κ1) is 16.2. The Morgan fingerprint density at radius 1 is 1.06 bits per heavy atom. The summed E-state index contributed by atoms with van der Waals surface area (Å²) in [5.74, 6) is 0.194. The molecule has 0 aliphatic rings. The predicted octanol–water partition coefficient (Wildman–Crippen LogP) is 3.72. The van der Waals surface area contributed by atoms with E-state index >= 15 is 0 Å². The third-order valence-electron chi connectivity index (χ3n) is 2.04. The van der Waals surface area contributed by atoms with Crippen LogP contribution in [0.5, 0.6) is 0 Å². The number of ether oxygens (including phenoxy) is 1. The van der Waals surface area contributed by atoms with Gasteiger partial charge >= 0.3 is 5.97 Å². The summed E-state index contributed by atoms with van der Waals surface area (Å²) in [4.78, 5) is 12.1. The quantitative estimate of drug-likeness (QED) is 0.438. The first-order valence-corrected chi connectivity index (χ1v) is 9.28. The summed E-state index contributed by atoms with van der Waals surface area (Å²) in [6, 6.07) is 0. The molecule has 0 rings (SSSR count). The predicted molar refractivity (Wildman–Crippen MR) is 73.2 cm³/mol. The third-order valence-corrected chi connectivity index (χ3v) is 2.89. The average molecular weight is 258 g/mol. The minimum atomic E-state index is -1.74. The molecule has 0 aromatic heterocycles.